The predicted molar refractivity (Wildman–Crippen MR) is 102 cm³/mol. The molecule has 1 rings (SSSR count). The number of methoxy groups -OCH3 is 1. The SMILES string of the molecule is CCCCC[C@H](O)C=C[C@H]1[C@H](O)CC(=O)[C@@H]1CC=CCCCC(=O)OC. The molecule has 1 fully saturated rings. The number of allylic oxidation sites excluding steroid dienone is 2. The van der Waals surface area contributed by atoms with Gasteiger partial charge in [0.25, 0.3) is 0 Å². The van der Waals surface area contributed by atoms with Gasteiger partial charge in [-0.25, -0.2) is 0 Å². The summed E-state index contributed by atoms with van der Waals surface area (Å²) in [6.45, 7) is 2.12. The van der Waals surface area contributed by atoms with Gasteiger partial charge < -0.3 is 14.9 Å². The number of hydrogen-bond donors (Lipinski definition) is 2. The lowest BCUT2D eigenvalue weighted by Crippen LogP contribution is -2.18. The van der Waals surface area contributed by atoms with Gasteiger partial charge >= 0.3 is 5.97 Å². The molecule has 0 radical (unpaired) electrons. The van der Waals surface area contributed by atoms with Crippen molar-refractivity contribution in [2.24, 2.45) is 11.8 Å². The number of ether oxygens (including phenoxy) is 1. The minimum atomic E-state index is -0.667. The van der Waals surface area contributed by atoms with Gasteiger partial charge in [0.1, 0.15) is 5.78 Å². The quantitative estimate of drug-likeness (QED) is 0.314. The summed E-state index contributed by atoms with van der Waals surface area (Å²) in [5.41, 5.74) is 0. The molecule has 1 aliphatic carbocycles. The van der Waals surface area contributed by atoms with Gasteiger partial charge in [0.15, 0.2) is 0 Å². The van der Waals surface area contributed by atoms with E-state index in [0.717, 1.165) is 32.1 Å². The molecule has 0 aromatic carbocycles. The Labute approximate surface area is 157 Å². The normalized spacial score (nSPS) is 24.6. The summed E-state index contributed by atoms with van der Waals surface area (Å²) in [5, 5.41) is 20.2. The highest BCUT2D eigenvalue weighted by atomic mass is 16.5. The number of Topliss-reactive ketones (excluding diaryl/α,β-unsaturated/α-hetero) is 1. The molecule has 0 saturated heterocycles. The van der Waals surface area contributed by atoms with Gasteiger partial charge in [-0.15, -0.1) is 0 Å². The zero-order valence-electron chi connectivity index (χ0n) is 16.1. The first-order valence-corrected chi connectivity index (χ1v) is 9.78. The highest BCUT2D eigenvalue weighted by molar-refractivity contribution is 5.84. The third-order valence-corrected chi connectivity index (χ3v) is 4.93. The van der Waals surface area contributed by atoms with Crippen LogP contribution in [0.25, 0.3) is 0 Å². The van der Waals surface area contributed by atoms with Crippen molar-refractivity contribution in [3.05, 3.63) is 24.3 Å². The lowest BCUT2D eigenvalue weighted by Gasteiger charge is -2.16. The summed E-state index contributed by atoms with van der Waals surface area (Å²) in [5.74, 6) is -0.606. The Morgan fingerprint density at radius 2 is 2.08 bits per heavy atom. The number of esters is 1. The smallest absolute Gasteiger partial charge is 0.305 e. The second kappa shape index (κ2) is 12.8. The average molecular weight is 366 g/mol. The van der Waals surface area contributed by atoms with E-state index in [1.165, 1.54) is 7.11 Å². The fourth-order valence-corrected chi connectivity index (χ4v) is 3.31. The molecular formula is C21H34O5. The van der Waals surface area contributed by atoms with Crippen molar-refractivity contribution in [2.45, 2.75) is 76.9 Å². The minimum absolute atomic E-state index is 0.0758. The van der Waals surface area contributed by atoms with Crippen LogP contribution < -0.4 is 0 Å². The average Bonchev–Trinajstić information content (AvgIpc) is 2.89. The van der Waals surface area contributed by atoms with Crippen molar-refractivity contribution < 1.29 is 24.5 Å². The number of rotatable bonds is 12. The van der Waals surface area contributed by atoms with E-state index in [-0.39, 0.29) is 30.0 Å². The molecule has 5 nitrogen and oxygen atoms in total. The molecule has 0 amide bonds. The van der Waals surface area contributed by atoms with Crippen LogP contribution in [0, 0.1) is 11.8 Å². The zero-order valence-corrected chi connectivity index (χ0v) is 16.1. The number of ketones is 1. The summed E-state index contributed by atoms with van der Waals surface area (Å²) in [7, 11) is 1.38. The Hall–Kier alpha value is -1.46. The topological polar surface area (TPSA) is 83.8 Å². The van der Waals surface area contributed by atoms with Gasteiger partial charge in [-0.2, -0.15) is 0 Å². The van der Waals surface area contributed by atoms with E-state index in [2.05, 4.69) is 11.7 Å². The van der Waals surface area contributed by atoms with E-state index in [0.29, 0.717) is 19.3 Å². The Morgan fingerprint density at radius 3 is 2.77 bits per heavy atom. The highest BCUT2D eigenvalue weighted by Gasteiger charge is 2.39. The molecule has 0 heterocycles. The molecular weight excluding hydrogens is 332 g/mol. The van der Waals surface area contributed by atoms with Gasteiger partial charge in [-0.1, -0.05) is 50.5 Å². The molecule has 4 atom stereocenters. The molecule has 2 N–H and O–H groups in total. The van der Waals surface area contributed by atoms with E-state index in [9.17, 15) is 19.8 Å². The maximum Gasteiger partial charge on any atom is 0.305 e. The number of aliphatic hydroxyl groups excluding tert-OH is 2. The van der Waals surface area contributed by atoms with E-state index in [1.807, 2.05) is 18.2 Å². The number of carbonyl (C=O) groups excluding carboxylic acids is 2. The number of carbonyl (C=O) groups is 2. The zero-order chi connectivity index (χ0) is 19.4. The Bertz CT molecular complexity index is 483. The summed E-state index contributed by atoms with van der Waals surface area (Å²) in [6.07, 6.45) is 12.8. The van der Waals surface area contributed by atoms with Crippen LogP contribution in [-0.4, -0.2) is 41.3 Å². The molecule has 26 heavy (non-hydrogen) atoms. The van der Waals surface area contributed by atoms with Gasteiger partial charge in [-0.05, 0) is 25.7 Å². The van der Waals surface area contributed by atoms with E-state index < -0.39 is 12.2 Å². The van der Waals surface area contributed by atoms with Gasteiger partial charge in [0.05, 0.1) is 19.3 Å². The number of unbranched alkanes of at least 4 members (excludes halogenated alkanes) is 3. The highest BCUT2D eigenvalue weighted by Crippen LogP contribution is 2.33. The maximum atomic E-state index is 12.1. The van der Waals surface area contributed by atoms with Crippen LogP contribution in [0.1, 0.15) is 64.7 Å². The second-order valence-electron chi connectivity index (χ2n) is 7.05. The summed E-state index contributed by atoms with van der Waals surface area (Å²) < 4.78 is 4.59. The lowest BCUT2D eigenvalue weighted by molar-refractivity contribution is -0.140. The van der Waals surface area contributed by atoms with E-state index >= 15 is 0 Å². The lowest BCUT2D eigenvalue weighted by atomic mass is 9.90. The van der Waals surface area contributed by atoms with E-state index in [1.54, 1.807) is 6.08 Å². The van der Waals surface area contributed by atoms with Gasteiger partial charge in [0, 0.05) is 24.7 Å². The first-order valence-electron chi connectivity index (χ1n) is 9.78. The molecule has 0 aliphatic heterocycles. The molecule has 0 unspecified atom stereocenters. The molecule has 1 saturated carbocycles. The predicted octanol–water partition coefficient (Wildman–Crippen LogP) is 3.34. The second-order valence-corrected chi connectivity index (χ2v) is 7.05. The largest absolute Gasteiger partial charge is 0.469 e. The summed E-state index contributed by atoms with van der Waals surface area (Å²) >= 11 is 0. The third kappa shape index (κ3) is 8.28. The van der Waals surface area contributed by atoms with Gasteiger partial charge in [0.2, 0.25) is 0 Å². The molecule has 0 bridgehead atoms. The van der Waals surface area contributed by atoms with Crippen LogP contribution in [0.3, 0.4) is 0 Å². The Morgan fingerprint density at radius 1 is 1.31 bits per heavy atom. The van der Waals surface area contributed by atoms with Crippen LogP contribution in [-0.2, 0) is 14.3 Å². The van der Waals surface area contributed by atoms with Crippen molar-refractivity contribution in [1.82, 2.24) is 0 Å². The van der Waals surface area contributed by atoms with Crippen LogP contribution in [0.4, 0.5) is 0 Å². The number of aliphatic hydroxyl groups is 2. The fourth-order valence-electron chi connectivity index (χ4n) is 3.31. The molecule has 0 aromatic heterocycles. The van der Waals surface area contributed by atoms with Crippen molar-refractivity contribution in [1.29, 1.82) is 0 Å². The Balaban J connectivity index is 2.46. The minimum Gasteiger partial charge on any atom is -0.469 e. The molecule has 0 spiro atoms. The van der Waals surface area contributed by atoms with Crippen LogP contribution >= 0.6 is 0 Å². The fraction of sp³-hybridized carbons (Fsp3) is 0.714. The standard InChI is InChI=1S/C21H34O5/c1-3-4-7-10-16(22)13-14-18-17(19(23)15-20(18)24)11-8-5-6-9-12-21(25)26-2/h5,8,13-14,16-18,20,22,24H,3-4,6-7,9-12,15H2,1-2H3/t16-,17+,18+,20+/m0/s1. The summed E-state index contributed by atoms with van der Waals surface area (Å²) in [6, 6.07) is 0. The third-order valence-electron chi connectivity index (χ3n) is 4.93. The monoisotopic (exact) mass is 366 g/mol. The number of hydrogen-bond acceptors (Lipinski definition) is 5. The molecule has 1 aliphatic rings. The summed E-state index contributed by atoms with van der Waals surface area (Å²) in [4.78, 5) is 23.2. The van der Waals surface area contributed by atoms with Crippen molar-refractivity contribution in [2.75, 3.05) is 7.11 Å². The Kier molecular flexibility index (Phi) is 11.1. The van der Waals surface area contributed by atoms with Crippen molar-refractivity contribution in [3.63, 3.8) is 0 Å². The molecule has 5 heteroatoms. The maximum absolute atomic E-state index is 12.1. The van der Waals surface area contributed by atoms with Gasteiger partial charge in [-0.3, -0.25) is 9.59 Å². The van der Waals surface area contributed by atoms with Crippen LogP contribution in [0.5, 0.6) is 0 Å². The van der Waals surface area contributed by atoms with Crippen molar-refractivity contribution in [3.8, 4) is 0 Å². The van der Waals surface area contributed by atoms with Crippen LogP contribution in [0.2, 0.25) is 0 Å². The van der Waals surface area contributed by atoms with Crippen LogP contribution in [0.15, 0.2) is 24.3 Å². The van der Waals surface area contributed by atoms with E-state index in [4.69, 9.17) is 0 Å². The van der Waals surface area contributed by atoms with Crippen molar-refractivity contribution >= 4 is 11.8 Å². The first kappa shape index (κ1) is 22.6. The molecule has 148 valence electrons. The molecule has 0 aromatic rings. The first-order chi connectivity index (χ1) is 12.5.